The Labute approximate surface area is 85.1 Å². The van der Waals surface area contributed by atoms with Crippen molar-refractivity contribution in [2.24, 2.45) is 5.73 Å². The Morgan fingerprint density at radius 3 is 2.57 bits per heavy atom. The molecule has 0 aliphatic heterocycles. The molecule has 0 aromatic heterocycles. The van der Waals surface area contributed by atoms with E-state index in [1.54, 1.807) is 6.92 Å². The minimum atomic E-state index is -1.11. The largest absolute Gasteiger partial charge is 0.480 e. The zero-order valence-electron chi connectivity index (χ0n) is 8.99. The predicted octanol–water partition coefficient (Wildman–Crippen LogP) is 0.663. The molecule has 0 aromatic carbocycles. The molecule has 1 rings (SSSR count). The van der Waals surface area contributed by atoms with E-state index in [9.17, 15) is 4.79 Å². The van der Waals surface area contributed by atoms with Gasteiger partial charge < -0.3 is 10.8 Å². The van der Waals surface area contributed by atoms with Crippen LogP contribution in [-0.4, -0.2) is 40.6 Å². The zero-order chi connectivity index (χ0) is 10.8. The van der Waals surface area contributed by atoms with Crippen LogP contribution in [0.5, 0.6) is 0 Å². The Kier molecular flexibility index (Phi) is 3.50. The number of nitrogens with two attached hydrogens (primary N) is 1. The standard InChI is InChI=1S/C10H20N2O2/c1-3-6-12(8-4-5-8)7-10(2,11)9(13)14/h8H,3-7,11H2,1-2H3,(H,13,14). The van der Waals surface area contributed by atoms with E-state index in [0.29, 0.717) is 12.6 Å². The van der Waals surface area contributed by atoms with Crippen LogP contribution in [0, 0.1) is 0 Å². The second-order valence-corrected chi connectivity index (χ2v) is 4.42. The highest BCUT2D eigenvalue weighted by Gasteiger charge is 2.36. The molecule has 0 amide bonds. The molecule has 4 heteroatoms. The molecule has 14 heavy (non-hydrogen) atoms. The van der Waals surface area contributed by atoms with Gasteiger partial charge in [0.2, 0.25) is 0 Å². The summed E-state index contributed by atoms with van der Waals surface area (Å²) in [4.78, 5) is 13.1. The fourth-order valence-electron chi connectivity index (χ4n) is 1.61. The Balaban J connectivity index is 2.49. The molecule has 0 aromatic rings. The molecule has 1 fully saturated rings. The number of rotatable bonds is 6. The molecule has 0 spiro atoms. The Hall–Kier alpha value is -0.610. The maximum atomic E-state index is 10.9. The molecule has 0 heterocycles. The summed E-state index contributed by atoms with van der Waals surface area (Å²) in [5.74, 6) is -0.917. The molecule has 0 bridgehead atoms. The first-order valence-electron chi connectivity index (χ1n) is 5.23. The summed E-state index contributed by atoms with van der Waals surface area (Å²) in [5.41, 5.74) is 4.60. The van der Waals surface area contributed by atoms with Gasteiger partial charge in [-0.15, -0.1) is 0 Å². The average Bonchev–Trinajstić information content (AvgIpc) is 2.85. The minimum Gasteiger partial charge on any atom is -0.480 e. The van der Waals surface area contributed by atoms with Gasteiger partial charge >= 0.3 is 5.97 Å². The normalized spacial score (nSPS) is 20.9. The van der Waals surface area contributed by atoms with Crippen LogP contribution in [-0.2, 0) is 4.79 Å². The summed E-state index contributed by atoms with van der Waals surface area (Å²) in [5, 5.41) is 8.91. The van der Waals surface area contributed by atoms with Crippen LogP contribution in [0.4, 0.5) is 0 Å². The first-order valence-corrected chi connectivity index (χ1v) is 5.23. The van der Waals surface area contributed by atoms with Crippen LogP contribution in [0.15, 0.2) is 0 Å². The van der Waals surface area contributed by atoms with Crippen LogP contribution >= 0.6 is 0 Å². The lowest BCUT2D eigenvalue weighted by atomic mass is 10.0. The topological polar surface area (TPSA) is 66.6 Å². The van der Waals surface area contributed by atoms with Crippen molar-refractivity contribution in [2.45, 2.75) is 44.7 Å². The first-order chi connectivity index (χ1) is 6.47. The van der Waals surface area contributed by atoms with Crippen molar-refractivity contribution in [3.8, 4) is 0 Å². The van der Waals surface area contributed by atoms with Gasteiger partial charge in [-0.1, -0.05) is 6.92 Å². The van der Waals surface area contributed by atoms with Crippen LogP contribution in [0.2, 0.25) is 0 Å². The van der Waals surface area contributed by atoms with Gasteiger partial charge in [-0.3, -0.25) is 9.69 Å². The van der Waals surface area contributed by atoms with E-state index < -0.39 is 11.5 Å². The summed E-state index contributed by atoms with van der Waals surface area (Å²) >= 11 is 0. The van der Waals surface area contributed by atoms with Crippen LogP contribution in [0.25, 0.3) is 0 Å². The number of carboxylic acids is 1. The number of carboxylic acid groups (broad SMARTS) is 1. The summed E-state index contributed by atoms with van der Waals surface area (Å²) in [6.45, 7) is 5.09. The fraction of sp³-hybridized carbons (Fsp3) is 0.900. The lowest BCUT2D eigenvalue weighted by Crippen LogP contribution is -2.54. The van der Waals surface area contributed by atoms with E-state index in [4.69, 9.17) is 10.8 Å². The van der Waals surface area contributed by atoms with Crippen molar-refractivity contribution in [1.82, 2.24) is 4.90 Å². The highest BCUT2D eigenvalue weighted by atomic mass is 16.4. The van der Waals surface area contributed by atoms with Gasteiger partial charge in [0.1, 0.15) is 5.54 Å². The van der Waals surface area contributed by atoms with Gasteiger partial charge in [0.25, 0.3) is 0 Å². The fourth-order valence-corrected chi connectivity index (χ4v) is 1.61. The second-order valence-electron chi connectivity index (χ2n) is 4.42. The minimum absolute atomic E-state index is 0.459. The highest BCUT2D eigenvalue weighted by Crippen LogP contribution is 2.27. The molecule has 1 aliphatic carbocycles. The molecule has 82 valence electrons. The summed E-state index contributed by atoms with van der Waals surface area (Å²) in [6, 6.07) is 0.581. The lowest BCUT2D eigenvalue weighted by Gasteiger charge is -2.29. The SMILES string of the molecule is CCCN(CC(C)(N)C(=O)O)C1CC1. The van der Waals surface area contributed by atoms with Crippen molar-refractivity contribution < 1.29 is 9.90 Å². The average molecular weight is 200 g/mol. The number of aliphatic carboxylic acids is 1. The van der Waals surface area contributed by atoms with E-state index in [0.717, 1.165) is 13.0 Å². The molecule has 1 aliphatic rings. The van der Waals surface area contributed by atoms with Crippen molar-refractivity contribution in [1.29, 1.82) is 0 Å². The molecule has 0 saturated heterocycles. The number of nitrogens with zero attached hydrogens (tertiary/aromatic N) is 1. The smallest absolute Gasteiger partial charge is 0.324 e. The van der Waals surface area contributed by atoms with E-state index in [1.165, 1.54) is 12.8 Å². The second kappa shape index (κ2) is 4.28. The molecule has 4 nitrogen and oxygen atoms in total. The zero-order valence-corrected chi connectivity index (χ0v) is 8.99. The molecular formula is C10H20N2O2. The predicted molar refractivity (Wildman–Crippen MR) is 55.1 cm³/mol. The molecule has 0 radical (unpaired) electrons. The van der Waals surface area contributed by atoms with E-state index >= 15 is 0 Å². The van der Waals surface area contributed by atoms with E-state index in [2.05, 4.69) is 11.8 Å². The van der Waals surface area contributed by atoms with Crippen LogP contribution in [0.3, 0.4) is 0 Å². The Bertz CT molecular complexity index is 212. The third-order valence-corrected chi connectivity index (χ3v) is 2.59. The van der Waals surface area contributed by atoms with Gasteiger partial charge in [0.15, 0.2) is 0 Å². The van der Waals surface area contributed by atoms with E-state index in [-0.39, 0.29) is 0 Å². The van der Waals surface area contributed by atoms with Gasteiger partial charge in [-0.25, -0.2) is 0 Å². The molecule has 1 unspecified atom stereocenters. The van der Waals surface area contributed by atoms with Crippen molar-refractivity contribution in [3.63, 3.8) is 0 Å². The number of hydrogen-bond acceptors (Lipinski definition) is 3. The van der Waals surface area contributed by atoms with Gasteiger partial charge in [-0.2, -0.15) is 0 Å². The Morgan fingerprint density at radius 2 is 2.21 bits per heavy atom. The molecule has 3 N–H and O–H groups in total. The lowest BCUT2D eigenvalue weighted by molar-refractivity contribution is -0.143. The quantitative estimate of drug-likeness (QED) is 0.661. The van der Waals surface area contributed by atoms with Crippen molar-refractivity contribution >= 4 is 5.97 Å². The van der Waals surface area contributed by atoms with Gasteiger partial charge in [0, 0.05) is 12.6 Å². The summed E-state index contributed by atoms with van der Waals surface area (Å²) in [7, 11) is 0. The molecular weight excluding hydrogens is 180 g/mol. The van der Waals surface area contributed by atoms with Gasteiger partial charge in [-0.05, 0) is 32.7 Å². The summed E-state index contributed by atoms with van der Waals surface area (Å²) < 4.78 is 0. The highest BCUT2D eigenvalue weighted by molar-refractivity contribution is 5.78. The number of hydrogen-bond donors (Lipinski definition) is 2. The van der Waals surface area contributed by atoms with Gasteiger partial charge in [0.05, 0.1) is 0 Å². The Morgan fingerprint density at radius 1 is 1.64 bits per heavy atom. The first kappa shape index (κ1) is 11.5. The third kappa shape index (κ3) is 2.96. The maximum Gasteiger partial charge on any atom is 0.324 e. The van der Waals surface area contributed by atoms with Crippen LogP contribution in [0.1, 0.15) is 33.1 Å². The van der Waals surface area contributed by atoms with Crippen LogP contribution < -0.4 is 5.73 Å². The van der Waals surface area contributed by atoms with Crippen molar-refractivity contribution in [2.75, 3.05) is 13.1 Å². The van der Waals surface area contributed by atoms with Crippen molar-refractivity contribution in [3.05, 3.63) is 0 Å². The number of carbonyl (C=O) groups is 1. The maximum absolute atomic E-state index is 10.9. The molecule has 1 saturated carbocycles. The third-order valence-electron chi connectivity index (χ3n) is 2.59. The molecule has 1 atom stereocenters. The summed E-state index contributed by atoms with van der Waals surface area (Å²) in [6.07, 6.45) is 3.43. The van der Waals surface area contributed by atoms with E-state index in [1.807, 2.05) is 0 Å². The monoisotopic (exact) mass is 200 g/mol.